The summed E-state index contributed by atoms with van der Waals surface area (Å²) in [5.41, 5.74) is 0.543. The summed E-state index contributed by atoms with van der Waals surface area (Å²) < 4.78 is 1.66. The molecule has 0 unspecified atom stereocenters. The van der Waals surface area contributed by atoms with E-state index in [1.165, 1.54) is 0 Å². The zero-order valence-corrected chi connectivity index (χ0v) is 9.46. The van der Waals surface area contributed by atoms with Gasteiger partial charge < -0.3 is 5.32 Å². The molecule has 2 aromatic heterocycles. The summed E-state index contributed by atoms with van der Waals surface area (Å²) in [6.07, 6.45) is 4.02. The molecule has 2 heterocycles. The van der Waals surface area contributed by atoms with E-state index in [4.69, 9.17) is 5.26 Å². The third-order valence-electron chi connectivity index (χ3n) is 2.22. The van der Waals surface area contributed by atoms with Gasteiger partial charge in [-0.1, -0.05) is 0 Å². The van der Waals surface area contributed by atoms with Crippen LogP contribution in [0.15, 0.2) is 24.7 Å². The molecular weight excluding hydrogens is 216 g/mol. The zero-order chi connectivity index (χ0) is 12.1. The standard InChI is InChI=1S/C11H12N6/c1-17-8-15-10(16-17)4-6-14-11-9(7-12)3-2-5-13-11/h2-3,5,8H,4,6H2,1H3,(H,13,14). The van der Waals surface area contributed by atoms with Gasteiger partial charge in [-0.05, 0) is 12.1 Å². The van der Waals surface area contributed by atoms with Crippen molar-refractivity contribution in [3.63, 3.8) is 0 Å². The first kappa shape index (κ1) is 11.1. The van der Waals surface area contributed by atoms with Gasteiger partial charge in [-0.2, -0.15) is 10.4 Å². The number of nitrogens with one attached hydrogen (secondary N) is 1. The van der Waals surface area contributed by atoms with Gasteiger partial charge in [-0.15, -0.1) is 0 Å². The van der Waals surface area contributed by atoms with Gasteiger partial charge >= 0.3 is 0 Å². The number of hydrogen-bond acceptors (Lipinski definition) is 5. The molecule has 0 spiro atoms. The fourth-order valence-electron chi connectivity index (χ4n) is 1.43. The van der Waals surface area contributed by atoms with E-state index < -0.39 is 0 Å². The molecule has 2 rings (SSSR count). The minimum atomic E-state index is 0.543. The maximum Gasteiger partial charge on any atom is 0.152 e. The van der Waals surface area contributed by atoms with E-state index in [0.717, 1.165) is 5.82 Å². The molecule has 1 N–H and O–H groups in total. The fourth-order valence-corrected chi connectivity index (χ4v) is 1.43. The first-order valence-corrected chi connectivity index (χ1v) is 5.23. The number of nitriles is 1. The lowest BCUT2D eigenvalue weighted by molar-refractivity contribution is 0.741. The number of aromatic nitrogens is 4. The normalized spacial score (nSPS) is 9.88. The molecule has 0 aliphatic heterocycles. The van der Waals surface area contributed by atoms with Gasteiger partial charge in [0.2, 0.25) is 0 Å². The highest BCUT2D eigenvalue weighted by Crippen LogP contribution is 2.09. The van der Waals surface area contributed by atoms with Crippen molar-refractivity contribution in [2.45, 2.75) is 6.42 Å². The van der Waals surface area contributed by atoms with E-state index >= 15 is 0 Å². The Morgan fingerprint density at radius 3 is 3.06 bits per heavy atom. The minimum Gasteiger partial charge on any atom is -0.369 e. The Hall–Kier alpha value is -2.42. The third-order valence-corrected chi connectivity index (χ3v) is 2.22. The quantitative estimate of drug-likeness (QED) is 0.834. The molecule has 0 saturated heterocycles. The van der Waals surface area contributed by atoms with Crippen LogP contribution in [-0.4, -0.2) is 26.3 Å². The molecule has 0 saturated carbocycles. The Labute approximate surface area is 98.9 Å². The number of rotatable bonds is 4. The average Bonchev–Trinajstić information content (AvgIpc) is 2.76. The van der Waals surface area contributed by atoms with Gasteiger partial charge in [0.25, 0.3) is 0 Å². The molecule has 6 heteroatoms. The lowest BCUT2D eigenvalue weighted by Gasteiger charge is -2.04. The van der Waals surface area contributed by atoms with Gasteiger partial charge in [-0.3, -0.25) is 4.68 Å². The molecule has 0 aliphatic rings. The van der Waals surface area contributed by atoms with Crippen LogP contribution in [-0.2, 0) is 13.5 Å². The molecule has 6 nitrogen and oxygen atoms in total. The molecule has 0 amide bonds. The van der Waals surface area contributed by atoms with E-state index in [2.05, 4.69) is 26.5 Å². The molecule has 0 aliphatic carbocycles. The van der Waals surface area contributed by atoms with E-state index in [0.29, 0.717) is 24.3 Å². The van der Waals surface area contributed by atoms with Gasteiger partial charge in [0.1, 0.15) is 18.2 Å². The topological polar surface area (TPSA) is 79.4 Å². The smallest absolute Gasteiger partial charge is 0.152 e. The molecule has 0 fully saturated rings. The second-order valence-corrected chi connectivity index (χ2v) is 3.52. The van der Waals surface area contributed by atoms with Crippen molar-refractivity contribution < 1.29 is 0 Å². The van der Waals surface area contributed by atoms with E-state index in [-0.39, 0.29) is 0 Å². The number of hydrogen-bond donors (Lipinski definition) is 1. The van der Waals surface area contributed by atoms with Crippen molar-refractivity contribution in [3.8, 4) is 6.07 Å². The molecule has 0 radical (unpaired) electrons. The lowest BCUT2D eigenvalue weighted by atomic mass is 10.3. The van der Waals surface area contributed by atoms with Gasteiger partial charge in [0, 0.05) is 26.2 Å². The first-order valence-electron chi connectivity index (χ1n) is 5.23. The highest BCUT2D eigenvalue weighted by Gasteiger charge is 2.02. The summed E-state index contributed by atoms with van der Waals surface area (Å²) in [6.45, 7) is 0.649. The summed E-state index contributed by atoms with van der Waals surface area (Å²) in [5, 5.41) is 16.1. The van der Waals surface area contributed by atoms with Crippen LogP contribution in [0.1, 0.15) is 11.4 Å². The molecule has 0 bridgehead atoms. The van der Waals surface area contributed by atoms with Crippen molar-refractivity contribution in [1.82, 2.24) is 19.7 Å². The molecule has 17 heavy (non-hydrogen) atoms. The monoisotopic (exact) mass is 228 g/mol. The van der Waals surface area contributed by atoms with Gasteiger partial charge in [-0.25, -0.2) is 9.97 Å². The van der Waals surface area contributed by atoms with E-state index in [9.17, 15) is 0 Å². The number of nitrogens with zero attached hydrogens (tertiary/aromatic N) is 5. The number of aryl methyl sites for hydroxylation is 1. The Balaban J connectivity index is 1.92. The molecule has 0 atom stereocenters. The third kappa shape index (κ3) is 2.78. The SMILES string of the molecule is Cn1cnc(CCNc2ncccc2C#N)n1. The van der Waals surface area contributed by atoms with Crippen LogP contribution in [0.2, 0.25) is 0 Å². The van der Waals surface area contributed by atoms with Gasteiger partial charge in [0.05, 0.1) is 5.56 Å². The zero-order valence-electron chi connectivity index (χ0n) is 9.46. The van der Waals surface area contributed by atoms with Gasteiger partial charge in [0.15, 0.2) is 5.82 Å². The number of pyridine rings is 1. The molecule has 0 aromatic carbocycles. The summed E-state index contributed by atoms with van der Waals surface area (Å²) in [5.74, 6) is 1.38. The predicted octanol–water partition coefficient (Wildman–Crippen LogP) is 0.736. The molecule has 2 aromatic rings. The minimum absolute atomic E-state index is 0.543. The van der Waals surface area contributed by atoms with Crippen molar-refractivity contribution in [2.75, 3.05) is 11.9 Å². The van der Waals surface area contributed by atoms with Crippen LogP contribution < -0.4 is 5.32 Å². The molecular formula is C11H12N6. The molecule has 86 valence electrons. The average molecular weight is 228 g/mol. The van der Waals surface area contributed by atoms with E-state index in [1.54, 1.807) is 29.3 Å². The predicted molar refractivity (Wildman–Crippen MR) is 62.1 cm³/mol. The summed E-state index contributed by atoms with van der Waals surface area (Å²) in [4.78, 5) is 8.22. The van der Waals surface area contributed by atoms with Crippen molar-refractivity contribution in [2.24, 2.45) is 7.05 Å². The van der Waals surface area contributed by atoms with Crippen LogP contribution >= 0.6 is 0 Å². The summed E-state index contributed by atoms with van der Waals surface area (Å²) in [6, 6.07) is 5.56. The highest BCUT2D eigenvalue weighted by molar-refractivity contribution is 5.51. The lowest BCUT2D eigenvalue weighted by Crippen LogP contribution is -2.08. The maximum absolute atomic E-state index is 8.88. The van der Waals surface area contributed by atoms with Crippen molar-refractivity contribution in [1.29, 1.82) is 5.26 Å². The second-order valence-electron chi connectivity index (χ2n) is 3.52. The first-order chi connectivity index (χ1) is 8.29. The highest BCUT2D eigenvalue weighted by atomic mass is 15.3. The summed E-state index contributed by atoms with van der Waals surface area (Å²) >= 11 is 0. The summed E-state index contributed by atoms with van der Waals surface area (Å²) in [7, 11) is 1.83. The van der Waals surface area contributed by atoms with Crippen LogP contribution in [0.3, 0.4) is 0 Å². The van der Waals surface area contributed by atoms with Crippen LogP contribution in [0, 0.1) is 11.3 Å². The fraction of sp³-hybridized carbons (Fsp3) is 0.273. The van der Waals surface area contributed by atoms with E-state index in [1.807, 2.05) is 7.05 Å². The largest absolute Gasteiger partial charge is 0.369 e. The van der Waals surface area contributed by atoms with Crippen LogP contribution in [0.25, 0.3) is 0 Å². The van der Waals surface area contributed by atoms with Crippen molar-refractivity contribution in [3.05, 3.63) is 36.0 Å². The van der Waals surface area contributed by atoms with Crippen LogP contribution in [0.5, 0.6) is 0 Å². The Bertz CT molecular complexity index is 539. The van der Waals surface area contributed by atoms with Crippen LogP contribution in [0.4, 0.5) is 5.82 Å². The number of anilines is 1. The Kier molecular flexibility index (Phi) is 3.31. The maximum atomic E-state index is 8.88. The van der Waals surface area contributed by atoms with Crippen molar-refractivity contribution >= 4 is 5.82 Å². The Morgan fingerprint density at radius 1 is 1.47 bits per heavy atom. The Morgan fingerprint density at radius 2 is 2.35 bits per heavy atom. The second kappa shape index (κ2) is 5.07.